The number of ether oxygens (including phenoxy) is 1. The Morgan fingerprint density at radius 2 is 2.05 bits per heavy atom. The summed E-state index contributed by atoms with van der Waals surface area (Å²) in [6.45, 7) is 10.0. The molecule has 1 heterocycles. The molecule has 0 saturated heterocycles. The molecule has 0 bridgehead atoms. The molecule has 0 spiro atoms. The Morgan fingerprint density at radius 3 is 2.64 bits per heavy atom. The molecule has 0 amide bonds. The van der Waals surface area contributed by atoms with Crippen LogP contribution in [0.5, 0.6) is 0 Å². The van der Waals surface area contributed by atoms with Gasteiger partial charge in [-0.15, -0.1) is 4.40 Å². The smallest absolute Gasteiger partial charge is 0.107 e. The molecule has 2 rings (SSSR count). The van der Waals surface area contributed by atoms with Crippen LogP contribution in [0.3, 0.4) is 0 Å². The summed E-state index contributed by atoms with van der Waals surface area (Å²) in [5, 5.41) is 0. The van der Waals surface area contributed by atoms with Crippen molar-refractivity contribution < 1.29 is 13.8 Å². The van der Waals surface area contributed by atoms with Gasteiger partial charge in [-0.25, -0.2) is 0 Å². The minimum Gasteiger partial charge on any atom is -0.491 e. The second-order valence-corrected chi connectivity index (χ2v) is 8.23. The first-order valence-electron chi connectivity index (χ1n) is 7.45. The number of allylic oxidation sites excluding steroid dienone is 4. The molecule has 1 unspecified atom stereocenters. The van der Waals surface area contributed by atoms with Crippen LogP contribution in [0.15, 0.2) is 37.9 Å². The van der Waals surface area contributed by atoms with Crippen LogP contribution in [-0.2, 0) is 4.74 Å². The summed E-state index contributed by atoms with van der Waals surface area (Å²) >= 11 is 0. The van der Waals surface area contributed by atoms with E-state index in [0.29, 0.717) is 4.91 Å². The highest BCUT2D eigenvalue weighted by atomic mass is 32.3. The van der Waals surface area contributed by atoms with Gasteiger partial charge in [0, 0.05) is 5.92 Å². The number of nitrogens with zero attached hydrogens (tertiary/aromatic N) is 1. The topological polar surface area (TPSA) is 88.1 Å². The predicted octanol–water partition coefficient (Wildman–Crippen LogP) is 4.35. The number of hydrogen-bond donors (Lipinski definition) is 3. The van der Waals surface area contributed by atoms with E-state index in [9.17, 15) is 9.11 Å². The van der Waals surface area contributed by atoms with Gasteiger partial charge in [-0.2, -0.15) is 0 Å². The molecule has 124 valence electrons. The molecule has 22 heavy (non-hydrogen) atoms. The molecule has 1 aliphatic carbocycles. The lowest BCUT2D eigenvalue weighted by Crippen LogP contribution is -2.30. The summed E-state index contributed by atoms with van der Waals surface area (Å²) in [4.78, 5) is 0.467. The predicted molar refractivity (Wildman–Crippen MR) is 92.6 cm³/mol. The summed E-state index contributed by atoms with van der Waals surface area (Å²) in [6, 6.07) is 0. The van der Waals surface area contributed by atoms with Crippen molar-refractivity contribution in [1.82, 2.24) is 0 Å². The minimum absolute atomic E-state index is 0.0825. The molecule has 0 aromatic carbocycles. The van der Waals surface area contributed by atoms with Crippen LogP contribution in [0.2, 0.25) is 0 Å². The maximum Gasteiger partial charge on any atom is 0.107 e. The van der Waals surface area contributed by atoms with Crippen LogP contribution >= 0.6 is 10.8 Å². The fraction of sp³-hybridized carbons (Fsp3) is 0.562. The van der Waals surface area contributed by atoms with E-state index in [1.165, 1.54) is 0 Å². The third kappa shape index (κ3) is 3.09. The maximum absolute atomic E-state index is 10.4. The Morgan fingerprint density at radius 1 is 1.41 bits per heavy atom. The highest BCUT2D eigenvalue weighted by Crippen LogP contribution is 2.56. The van der Waals surface area contributed by atoms with Crippen molar-refractivity contribution in [1.29, 1.82) is 0 Å². The summed E-state index contributed by atoms with van der Waals surface area (Å²) < 4.78 is 30.7. The lowest BCUT2D eigenvalue weighted by atomic mass is 9.88. The molecule has 5 nitrogen and oxygen atoms in total. The van der Waals surface area contributed by atoms with Gasteiger partial charge < -0.3 is 10.5 Å². The highest BCUT2D eigenvalue weighted by Gasteiger charge is 2.35. The van der Waals surface area contributed by atoms with Gasteiger partial charge in [0.15, 0.2) is 0 Å². The van der Waals surface area contributed by atoms with Gasteiger partial charge in [-0.1, -0.05) is 23.8 Å². The van der Waals surface area contributed by atoms with E-state index in [-0.39, 0.29) is 11.5 Å². The molecule has 6 heteroatoms. The third-order valence-corrected chi connectivity index (χ3v) is 5.80. The zero-order valence-electron chi connectivity index (χ0n) is 13.9. The number of nitrogens with two attached hydrogens (primary N) is 1. The van der Waals surface area contributed by atoms with E-state index in [0.717, 1.165) is 41.7 Å². The van der Waals surface area contributed by atoms with Gasteiger partial charge in [0.05, 0.1) is 4.91 Å². The Balaban J connectivity index is 2.64. The maximum atomic E-state index is 10.4. The molecule has 2 aliphatic rings. The van der Waals surface area contributed by atoms with Gasteiger partial charge >= 0.3 is 0 Å². The van der Waals surface area contributed by atoms with Crippen molar-refractivity contribution in [2.45, 2.75) is 53.1 Å². The number of hydrogen-bond acceptors (Lipinski definition) is 4. The zero-order valence-corrected chi connectivity index (χ0v) is 14.7. The first kappa shape index (κ1) is 17.1. The molecule has 0 saturated carbocycles. The van der Waals surface area contributed by atoms with Crippen LogP contribution in [0, 0.1) is 5.92 Å². The Hall–Kier alpha value is -1.24. The molecule has 0 fully saturated rings. The first-order chi connectivity index (χ1) is 10.1. The van der Waals surface area contributed by atoms with Crippen molar-refractivity contribution in [3.63, 3.8) is 0 Å². The SMILES string of the molecule is CC1=CC(C)C2=C(CCC(C)(C)O2)C(C)=C1S(O)(O)/N=C\N. The average Bonchev–Trinajstić information content (AvgIpc) is 2.44. The standard InChI is InChI=1S/C16H26N2O3S/c1-10-8-11(2)15(22(19,20)18-9-17)12(3)13-6-7-16(4,5)21-14(10)13/h8-10,19-20H,6-7H2,1-5H3,(H2,17,18). The van der Waals surface area contributed by atoms with Gasteiger partial charge in [-0.3, -0.25) is 9.11 Å². The fourth-order valence-corrected chi connectivity index (χ4v) is 4.53. The first-order valence-corrected chi connectivity index (χ1v) is 8.95. The molecule has 1 atom stereocenters. The Bertz CT molecular complexity index is 601. The van der Waals surface area contributed by atoms with Gasteiger partial charge in [0.25, 0.3) is 0 Å². The van der Waals surface area contributed by atoms with Crippen molar-refractivity contribution in [2.75, 3.05) is 0 Å². The fourth-order valence-electron chi connectivity index (χ4n) is 3.22. The van der Waals surface area contributed by atoms with E-state index in [1.807, 2.05) is 19.9 Å². The summed E-state index contributed by atoms with van der Waals surface area (Å²) in [7, 11) is -3.29. The molecular formula is C16H26N2O3S. The monoisotopic (exact) mass is 326 g/mol. The molecule has 0 radical (unpaired) electrons. The Labute approximate surface area is 134 Å². The summed E-state index contributed by atoms with van der Waals surface area (Å²) in [6.07, 6.45) is 4.70. The van der Waals surface area contributed by atoms with Crippen molar-refractivity contribution in [3.8, 4) is 0 Å². The average molecular weight is 326 g/mol. The van der Waals surface area contributed by atoms with Crippen LogP contribution in [-0.4, -0.2) is 21.0 Å². The summed E-state index contributed by atoms with van der Waals surface area (Å²) in [5.41, 5.74) is 7.79. The van der Waals surface area contributed by atoms with Gasteiger partial charge in [-0.05, 0) is 57.3 Å². The normalized spacial score (nSPS) is 26.5. The van der Waals surface area contributed by atoms with Crippen LogP contribution in [0.1, 0.15) is 47.5 Å². The minimum atomic E-state index is -3.29. The quantitative estimate of drug-likeness (QED) is 0.520. The highest BCUT2D eigenvalue weighted by molar-refractivity contribution is 8.26. The van der Waals surface area contributed by atoms with Crippen LogP contribution in [0.25, 0.3) is 0 Å². The van der Waals surface area contributed by atoms with Crippen molar-refractivity contribution in [3.05, 3.63) is 33.5 Å². The van der Waals surface area contributed by atoms with E-state index in [4.69, 9.17) is 10.5 Å². The molecule has 0 aromatic heterocycles. The second kappa shape index (κ2) is 5.76. The molecular weight excluding hydrogens is 300 g/mol. The lowest BCUT2D eigenvalue weighted by molar-refractivity contribution is 0.00284. The van der Waals surface area contributed by atoms with Crippen LogP contribution < -0.4 is 5.73 Å². The van der Waals surface area contributed by atoms with Gasteiger partial charge in [0.2, 0.25) is 0 Å². The Kier molecular flexibility index (Phi) is 4.48. The summed E-state index contributed by atoms with van der Waals surface area (Å²) in [5.74, 6) is 1.01. The van der Waals surface area contributed by atoms with E-state index >= 15 is 0 Å². The lowest BCUT2D eigenvalue weighted by Gasteiger charge is -2.37. The van der Waals surface area contributed by atoms with E-state index in [1.54, 1.807) is 0 Å². The van der Waals surface area contributed by atoms with Crippen molar-refractivity contribution in [2.24, 2.45) is 16.0 Å². The molecule has 4 N–H and O–H groups in total. The molecule has 1 aliphatic heterocycles. The van der Waals surface area contributed by atoms with Crippen molar-refractivity contribution >= 4 is 17.1 Å². The van der Waals surface area contributed by atoms with Gasteiger partial charge in [0.1, 0.15) is 17.7 Å². The second-order valence-electron chi connectivity index (χ2n) is 6.57. The van der Waals surface area contributed by atoms with E-state index in [2.05, 4.69) is 25.2 Å². The number of rotatable bonds is 2. The molecule has 0 aromatic rings. The van der Waals surface area contributed by atoms with Crippen LogP contribution in [0.4, 0.5) is 0 Å². The zero-order chi connectivity index (χ0) is 16.7. The third-order valence-electron chi connectivity index (χ3n) is 4.21. The van der Waals surface area contributed by atoms with E-state index < -0.39 is 10.8 Å². The largest absolute Gasteiger partial charge is 0.491 e.